The van der Waals surface area contributed by atoms with Gasteiger partial charge >= 0.3 is 0 Å². The van der Waals surface area contributed by atoms with Crippen molar-refractivity contribution < 1.29 is 14.9 Å². The summed E-state index contributed by atoms with van der Waals surface area (Å²) in [5, 5.41) is 22.6. The average Bonchev–Trinajstić information content (AvgIpc) is 2.34. The molecule has 1 aromatic rings. The highest BCUT2D eigenvalue weighted by Crippen LogP contribution is 2.23. The summed E-state index contributed by atoms with van der Waals surface area (Å²) < 4.78 is 5.13. The van der Waals surface area contributed by atoms with Gasteiger partial charge < -0.3 is 20.3 Å². The van der Waals surface area contributed by atoms with Crippen LogP contribution >= 0.6 is 0 Å². The van der Waals surface area contributed by atoms with E-state index in [0.717, 1.165) is 5.56 Å². The fraction of sp³-hybridized carbons (Fsp3) is 0.571. The maximum absolute atomic E-state index is 10.1. The summed E-state index contributed by atoms with van der Waals surface area (Å²) in [6, 6.07) is 5.35. The summed E-state index contributed by atoms with van der Waals surface area (Å²) in [5.74, 6) is 0.636. The first-order chi connectivity index (χ1) is 8.37. The van der Waals surface area contributed by atoms with Crippen LogP contribution in [-0.2, 0) is 6.61 Å². The molecule has 18 heavy (non-hydrogen) atoms. The largest absolute Gasteiger partial charge is 0.496 e. The van der Waals surface area contributed by atoms with E-state index in [2.05, 4.69) is 5.32 Å². The fourth-order valence-electron chi connectivity index (χ4n) is 1.65. The lowest BCUT2D eigenvalue weighted by molar-refractivity contribution is 0.163. The highest BCUT2D eigenvalue weighted by atomic mass is 16.5. The predicted octanol–water partition coefficient (Wildman–Crippen LogP) is 1.61. The Hall–Kier alpha value is -1.10. The first-order valence-corrected chi connectivity index (χ1v) is 6.08. The van der Waals surface area contributed by atoms with Gasteiger partial charge in [0.1, 0.15) is 5.75 Å². The number of β-amino-alcohol motifs (C(OH)–C–C–N with tert-alkyl or cyclic N) is 1. The van der Waals surface area contributed by atoms with Crippen molar-refractivity contribution >= 4 is 0 Å². The first kappa shape index (κ1) is 15.0. The number of aliphatic hydroxyl groups excluding tert-OH is 2. The first-order valence-electron chi connectivity index (χ1n) is 6.08. The second kappa shape index (κ2) is 6.18. The van der Waals surface area contributed by atoms with Crippen molar-refractivity contribution in [3.05, 3.63) is 29.3 Å². The Balaban J connectivity index is 2.77. The number of methoxy groups -OCH3 is 1. The van der Waals surface area contributed by atoms with Crippen molar-refractivity contribution in [2.24, 2.45) is 0 Å². The Kier molecular flexibility index (Phi) is 5.14. The molecule has 4 nitrogen and oxygen atoms in total. The molecular weight excluding hydrogens is 230 g/mol. The van der Waals surface area contributed by atoms with Crippen LogP contribution in [0.25, 0.3) is 0 Å². The molecule has 1 aromatic carbocycles. The number of hydrogen-bond donors (Lipinski definition) is 3. The molecule has 3 N–H and O–H groups in total. The van der Waals surface area contributed by atoms with Crippen LogP contribution < -0.4 is 10.1 Å². The minimum Gasteiger partial charge on any atom is -0.496 e. The second-order valence-corrected chi connectivity index (χ2v) is 5.38. The van der Waals surface area contributed by atoms with Crippen molar-refractivity contribution in [2.75, 3.05) is 13.7 Å². The number of benzene rings is 1. The number of ether oxygens (including phenoxy) is 1. The van der Waals surface area contributed by atoms with Gasteiger partial charge in [-0.2, -0.15) is 0 Å². The molecule has 0 radical (unpaired) electrons. The molecule has 0 heterocycles. The molecule has 0 saturated carbocycles. The molecule has 0 bridgehead atoms. The lowest BCUT2D eigenvalue weighted by Gasteiger charge is -2.23. The molecular formula is C14H23NO3. The number of nitrogens with one attached hydrogen (secondary N) is 1. The third-order valence-electron chi connectivity index (χ3n) is 2.69. The lowest BCUT2D eigenvalue weighted by Crippen LogP contribution is -2.38. The summed E-state index contributed by atoms with van der Waals surface area (Å²) in [4.78, 5) is 0. The third-order valence-corrected chi connectivity index (χ3v) is 2.69. The minimum atomic E-state index is -0.597. The smallest absolute Gasteiger partial charge is 0.124 e. The second-order valence-electron chi connectivity index (χ2n) is 5.38. The Morgan fingerprint density at radius 3 is 2.50 bits per heavy atom. The molecule has 0 aliphatic carbocycles. The Labute approximate surface area is 109 Å². The molecule has 0 spiro atoms. The zero-order valence-corrected chi connectivity index (χ0v) is 11.5. The van der Waals surface area contributed by atoms with Crippen LogP contribution in [-0.4, -0.2) is 29.4 Å². The summed E-state index contributed by atoms with van der Waals surface area (Å²) in [7, 11) is 1.56. The molecule has 1 rings (SSSR count). The number of hydrogen-bond acceptors (Lipinski definition) is 4. The zero-order chi connectivity index (χ0) is 13.8. The van der Waals surface area contributed by atoms with Gasteiger partial charge in [-0.3, -0.25) is 0 Å². The molecule has 102 valence electrons. The van der Waals surface area contributed by atoms with Gasteiger partial charge in [-0.1, -0.05) is 6.07 Å². The lowest BCUT2D eigenvalue weighted by atomic mass is 10.0. The Bertz CT molecular complexity index is 385. The molecule has 0 fully saturated rings. The van der Waals surface area contributed by atoms with E-state index >= 15 is 0 Å². The van der Waals surface area contributed by atoms with Crippen molar-refractivity contribution in [2.45, 2.75) is 39.0 Å². The van der Waals surface area contributed by atoms with E-state index in [-0.39, 0.29) is 12.1 Å². The van der Waals surface area contributed by atoms with E-state index in [9.17, 15) is 10.2 Å². The normalized spacial score (nSPS) is 13.4. The van der Waals surface area contributed by atoms with Gasteiger partial charge in [0.25, 0.3) is 0 Å². The van der Waals surface area contributed by atoms with E-state index in [1.165, 1.54) is 0 Å². The minimum absolute atomic E-state index is 0.0345. The van der Waals surface area contributed by atoms with Crippen LogP contribution in [0.15, 0.2) is 18.2 Å². The molecule has 4 heteroatoms. The summed E-state index contributed by atoms with van der Waals surface area (Å²) >= 11 is 0. The van der Waals surface area contributed by atoms with Crippen molar-refractivity contribution in [3.63, 3.8) is 0 Å². The topological polar surface area (TPSA) is 61.7 Å². The Morgan fingerprint density at radius 2 is 2.00 bits per heavy atom. The van der Waals surface area contributed by atoms with Crippen LogP contribution in [0.1, 0.15) is 38.0 Å². The standard InChI is InChI=1S/C14H23NO3/c1-14(2,3)15-8-12(17)10-5-6-13(18-4)11(7-10)9-16/h5-7,12,15-17H,8-9H2,1-4H3/t12-/m0/s1. The van der Waals surface area contributed by atoms with E-state index in [4.69, 9.17) is 4.74 Å². The van der Waals surface area contributed by atoms with Crippen LogP contribution in [0, 0.1) is 0 Å². The van der Waals surface area contributed by atoms with Crippen LogP contribution in [0.4, 0.5) is 0 Å². The summed E-state index contributed by atoms with van der Waals surface area (Å²) in [5.41, 5.74) is 1.43. The van der Waals surface area contributed by atoms with Gasteiger partial charge in [-0.15, -0.1) is 0 Å². The maximum atomic E-state index is 10.1. The highest BCUT2D eigenvalue weighted by molar-refractivity contribution is 5.37. The van der Waals surface area contributed by atoms with E-state index in [0.29, 0.717) is 17.9 Å². The molecule has 0 unspecified atom stereocenters. The average molecular weight is 253 g/mol. The van der Waals surface area contributed by atoms with E-state index < -0.39 is 6.10 Å². The van der Waals surface area contributed by atoms with Crippen LogP contribution in [0.2, 0.25) is 0 Å². The monoisotopic (exact) mass is 253 g/mol. The van der Waals surface area contributed by atoms with Gasteiger partial charge in [0.05, 0.1) is 19.8 Å². The number of rotatable bonds is 5. The predicted molar refractivity (Wildman–Crippen MR) is 71.6 cm³/mol. The van der Waals surface area contributed by atoms with Crippen molar-refractivity contribution in [1.82, 2.24) is 5.32 Å². The number of aliphatic hydroxyl groups is 2. The molecule has 1 atom stereocenters. The third kappa shape index (κ3) is 4.29. The zero-order valence-electron chi connectivity index (χ0n) is 11.5. The molecule has 0 aliphatic heterocycles. The molecule has 0 saturated heterocycles. The van der Waals surface area contributed by atoms with Crippen LogP contribution in [0.3, 0.4) is 0 Å². The van der Waals surface area contributed by atoms with Crippen LogP contribution in [0.5, 0.6) is 5.75 Å². The maximum Gasteiger partial charge on any atom is 0.124 e. The van der Waals surface area contributed by atoms with Crippen molar-refractivity contribution in [3.8, 4) is 5.75 Å². The van der Waals surface area contributed by atoms with Gasteiger partial charge in [-0.05, 0) is 38.5 Å². The fourth-order valence-corrected chi connectivity index (χ4v) is 1.65. The summed E-state index contributed by atoms with van der Waals surface area (Å²) in [6.45, 7) is 6.52. The molecule has 0 aromatic heterocycles. The van der Waals surface area contributed by atoms with E-state index in [1.807, 2.05) is 26.8 Å². The van der Waals surface area contributed by atoms with Gasteiger partial charge in [0.2, 0.25) is 0 Å². The highest BCUT2D eigenvalue weighted by Gasteiger charge is 2.14. The van der Waals surface area contributed by atoms with Gasteiger partial charge in [0, 0.05) is 17.6 Å². The van der Waals surface area contributed by atoms with Gasteiger partial charge in [-0.25, -0.2) is 0 Å². The van der Waals surface area contributed by atoms with Gasteiger partial charge in [0.15, 0.2) is 0 Å². The van der Waals surface area contributed by atoms with Crippen molar-refractivity contribution in [1.29, 1.82) is 0 Å². The molecule has 0 amide bonds. The summed E-state index contributed by atoms with van der Waals surface area (Å²) in [6.07, 6.45) is -0.597. The SMILES string of the molecule is COc1ccc([C@@H](O)CNC(C)(C)C)cc1CO. The van der Waals surface area contributed by atoms with E-state index in [1.54, 1.807) is 19.2 Å². The molecule has 0 aliphatic rings. The quantitative estimate of drug-likeness (QED) is 0.746. The Morgan fingerprint density at radius 1 is 1.33 bits per heavy atom.